The number of hydrogen-bond acceptors (Lipinski definition) is 6. The van der Waals surface area contributed by atoms with Crippen LogP contribution in [0.3, 0.4) is 0 Å². The van der Waals surface area contributed by atoms with E-state index in [1.165, 1.54) is 0 Å². The summed E-state index contributed by atoms with van der Waals surface area (Å²) in [5.41, 5.74) is 0. The van der Waals surface area contributed by atoms with Gasteiger partial charge in [-0.3, -0.25) is 4.18 Å². The lowest BCUT2D eigenvalue weighted by molar-refractivity contribution is -0.150. The number of rotatable bonds is 2. The quantitative estimate of drug-likeness (QED) is 0.397. The molecule has 0 aromatic rings. The van der Waals surface area contributed by atoms with Gasteiger partial charge in [-0.1, -0.05) is 6.58 Å². The first kappa shape index (κ1) is 11.7. The summed E-state index contributed by atoms with van der Waals surface area (Å²) < 4.78 is 33.8. The Hall–Kier alpha value is -1.39. The number of nitriles is 1. The van der Waals surface area contributed by atoms with E-state index in [-0.39, 0.29) is 11.8 Å². The Bertz CT molecular complexity index is 562. The molecule has 0 radical (unpaired) electrons. The molecule has 0 aromatic heterocycles. The second-order valence-electron chi connectivity index (χ2n) is 4.84. The highest BCUT2D eigenvalue weighted by molar-refractivity contribution is 7.87. The van der Waals surface area contributed by atoms with Crippen LogP contribution in [-0.2, 0) is 23.8 Å². The minimum absolute atomic E-state index is 0.229. The van der Waals surface area contributed by atoms with Gasteiger partial charge in [-0.25, -0.2) is 4.79 Å². The minimum Gasteiger partial charge on any atom is -0.456 e. The van der Waals surface area contributed by atoms with Gasteiger partial charge in [0, 0.05) is 17.9 Å². The van der Waals surface area contributed by atoms with Gasteiger partial charge in [0.25, 0.3) is 10.1 Å². The summed E-state index contributed by atoms with van der Waals surface area (Å²) >= 11 is 0. The Balaban J connectivity index is 1.96. The number of hydrogen-bond donors (Lipinski definition) is 0. The first-order valence-electron chi connectivity index (χ1n) is 5.64. The van der Waals surface area contributed by atoms with Gasteiger partial charge in [-0.2, -0.15) is 13.7 Å². The molecule has 3 aliphatic rings. The van der Waals surface area contributed by atoms with Crippen molar-refractivity contribution in [2.24, 2.45) is 17.8 Å². The molecule has 6 atom stereocenters. The van der Waals surface area contributed by atoms with E-state index in [1.54, 1.807) is 0 Å². The second-order valence-corrected chi connectivity index (χ2v) is 6.56. The molecule has 7 heteroatoms. The third-order valence-corrected chi connectivity index (χ3v) is 5.90. The van der Waals surface area contributed by atoms with Crippen LogP contribution >= 0.6 is 0 Å². The van der Waals surface area contributed by atoms with Crippen LogP contribution in [0, 0.1) is 29.1 Å². The fraction of sp³-hybridized carbons (Fsp3) is 0.636. The maximum Gasteiger partial charge on any atom is 0.330 e. The van der Waals surface area contributed by atoms with E-state index in [0.29, 0.717) is 6.42 Å². The fourth-order valence-electron chi connectivity index (χ4n) is 3.50. The van der Waals surface area contributed by atoms with E-state index in [2.05, 4.69) is 6.58 Å². The number of fused-ring (bicyclic) bond motifs is 1. The van der Waals surface area contributed by atoms with Crippen molar-refractivity contribution >= 4 is 16.1 Å². The summed E-state index contributed by atoms with van der Waals surface area (Å²) in [5, 5.41) is 8.37. The van der Waals surface area contributed by atoms with Crippen molar-refractivity contribution in [2.45, 2.75) is 23.9 Å². The molecule has 0 spiro atoms. The molecular formula is C11H11NO5S. The van der Waals surface area contributed by atoms with Crippen LogP contribution in [0.2, 0.25) is 0 Å². The molecule has 2 aliphatic carbocycles. The van der Waals surface area contributed by atoms with Gasteiger partial charge in [0.1, 0.15) is 17.5 Å². The third kappa shape index (κ3) is 1.30. The van der Waals surface area contributed by atoms with Crippen LogP contribution < -0.4 is 0 Å². The Morgan fingerprint density at radius 3 is 2.83 bits per heavy atom. The first-order chi connectivity index (χ1) is 8.49. The molecule has 0 aromatic carbocycles. The molecule has 2 bridgehead atoms. The van der Waals surface area contributed by atoms with E-state index in [9.17, 15) is 13.2 Å². The van der Waals surface area contributed by atoms with Crippen molar-refractivity contribution in [3.8, 4) is 6.07 Å². The second kappa shape index (κ2) is 3.56. The lowest BCUT2D eigenvalue weighted by atomic mass is 9.85. The first-order valence-corrected chi connectivity index (χ1v) is 7.11. The summed E-state index contributed by atoms with van der Waals surface area (Å²) in [6.07, 6.45) is 0.299. The molecular weight excluding hydrogens is 258 g/mol. The summed E-state index contributed by atoms with van der Waals surface area (Å²) in [5.74, 6) is -1.75. The maximum atomic E-state index is 11.8. The molecule has 6 unspecified atom stereocenters. The van der Waals surface area contributed by atoms with E-state index in [0.717, 1.165) is 6.08 Å². The van der Waals surface area contributed by atoms with Crippen LogP contribution in [-0.4, -0.2) is 31.8 Å². The summed E-state index contributed by atoms with van der Waals surface area (Å²) in [6.45, 7) is 3.30. The normalized spacial score (nSPS) is 46.6. The average molecular weight is 269 g/mol. The SMILES string of the molecule is C=CC(=O)OC1C2CC3C1OS(=O)(=O)C3C2C#N. The standard InChI is InChI=1S/C11H11NO5S/c1-2-8(13)16-9-5-3-6-10(9)17-18(14,15)11(6)7(5)4-12/h2,5-7,9-11H,1,3H2. The maximum absolute atomic E-state index is 11.8. The van der Waals surface area contributed by atoms with Crippen LogP contribution in [0.15, 0.2) is 12.7 Å². The van der Waals surface area contributed by atoms with Gasteiger partial charge in [-0.15, -0.1) is 0 Å². The van der Waals surface area contributed by atoms with Crippen LogP contribution in [0.5, 0.6) is 0 Å². The number of ether oxygens (including phenoxy) is 1. The Kier molecular flexibility index (Phi) is 2.31. The molecule has 6 nitrogen and oxygen atoms in total. The van der Waals surface area contributed by atoms with E-state index in [1.807, 2.05) is 6.07 Å². The molecule has 3 rings (SSSR count). The Labute approximate surface area is 104 Å². The third-order valence-electron chi connectivity index (χ3n) is 4.10. The zero-order valence-corrected chi connectivity index (χ0v) is 10.2. The van der Waals surface area contributed by atoms with E-state index >= 15 is 0 Å². The summed E-state index contributed by atoms with van der Waals surface area (Å²) in [6, 6.07) is 2.02. The number of carbonyl (C=O) groups is 1. The lowest BCUT2D eigenvalue weighted by Crippen LogP contribution is -2.41. The Morgan fingerprint density at radius 1 is 1.50 bits per heavy atom. The van der Waals surface area contributed by atoms with Crippen molar-refractivity contribution in [3.63, 3.8) is 0 Å². The van der Waals surface area contributed by atoms with Crippen LogP contribution in [0.1, 0.15) is 6.42 Å². The van der Waals surface area contributed by atoms with E-state index < -0.39 is 39.5 Å². The van der Waals surface area contributed by atoms with Gasteiger partial charge >= 0.3 is 5.97 Å². The van der Waals surface area contributed by atoms with Crippen molar-refractivity contribution in [1.82, 2.24) is 0 Å². The highest BCUT2D eigenvalue weighted by Crippen LogP contribution is 2.58. The van der Waals surface area contributed by atoms with Crippen molar-refractivity contribution in [3.05, 3.63) is 12.7 Å². The topological polar surface area (TPSA) is 93.5 Å². The van der Waals surface area contributed by atoms with Gasteiger partial charge in [-0.05, 0) is 6.42 Å². The number of carbonyl (C=O) groups excluding carboxylic acids is 1. The fourth-order valence-corrected chi connectivity index (χ4v) is 5.50. The van der Waals surface area contributed by atoms with Crippen molar-refractivity contribution < 1.29 is 22.1 Å². The number of nitrogens with zero attached hydrogens (tertiary/aromatic N) is 1. The average Bonchev–Trinajstić information content (AvgIpc) is 2.90. The molecule has 1 saturated heterocycles. The predicted molar refractivity (Wildman–Crippen MR) is 58.4 cm³/mol. The predicted octanol–water partition coefficient (Wildman–Crippen LogP) is -0.0291. The molecule has 18 heavy (non-hydrogen) atoms. The highest BCUT2D eigenvalue weighted by Gasteiger charge is 2.70. The van der Waals surface area contributed by atoms with Crippen LogP contribution in [0.25, 0.3) is 0 Å². The zero-order valence-electron chi connectivity index (χ0n) is 9.35. The molecule has 0 amide bonds. The molecule has 2 saturated carbocycles. The molecule has 1 aliphatic heterocycles. The smallest absolute Gasteiger partial charge is 0.330 e. The van der Waals surface area contributed by atoms with Gasteiger partial charge < -0.3 is 4.74 Å². The molecule has 1 heterocycles. The lowest BCUT2D eigenvalue weighted by Gasteiger charge is -2.27. The zero-order chi connectivity index (χ0) is 13.1. The molecule has 0 N–H and O–H groups in total. The molecule has 3 fully saturated rings. The van der Waals surface area contributed by atoms with Gasteiger partial charge in [0.05, 0.1) is 12.0 Å². The number of esters is 1. The van der Waals surface area contributed by atoms with Crippen molar-refractivity contribution in [1.29, 1.82) is 5.26 Å². The van der Waals surface area contributed by atoms with Crippen molar-refractivity contribution in [2.75, 3.05) is 0 Å². The van der Waals surface area contributed by atoms with Gasteiger partial charge in [0.15, 0.2) is 0 Å². The largest absolute Gasteiger partial charge is 0.456 e. The van der Waals surface area contributed by atoms with E-state index in [4.69, 9.17) is 14.2 Å². The monoisotopic (exact) mass is 269 g/mol. The highest BCUT2D eigenvalue weighted by atomic mass is 32.2. The van der Waals surface area contributed by atoms with Crippen LogP contribution in [0.4, 0.5) is 0 Å². The summed E-state index contributed by atoms with van der Waals surface area (Å²) in [7, 11) is -3.71. The Morgan fingerprint density at radius 2 is 2.22 bits per heavy atom. The minimum atomic E-state index is -3.71. The van der Waals surface area contributed by atoms with Gasteiger partial charge in [0.2, 0.25) is 0 Å². The molecule has 96 valence electrons. The summed E-state index contributed by atoms with van der Waals surface area (Å²) in [4.78, 5) is 11.2.